The summed E-state index contributed by atoms with van der Waals surface area (Å²) in [5, 5.41) is 0. The fourth-order valence-electron chi connectivity index (χ4n) is 4.61. The Balaban J connectivity index is 1.42. The lowest BCUT2D eigenvalue weighted by Crippen LogP contribution is -2.51. The fourth-order valence-corrected chi connectivity index (χ4v) is 4.61. The number of nitrogens with two attached hydrogens (primary N) is 1. The van der Waals surface area contributed by atoms with Crippen molar-refractivity contribution in [3.63, 3.8) is 0 Å². The standard InChI is InChI=1S/C24H32N6O4/c1-26-23(33)21(22(25)30(24(26)34)15-18-7-3-2-4-8-18)19(31)16-27-11-13-28(14-12-27)17-20(32)29-9-5-6-10-29/h2-4,7-8H,5-6,9-17,25H2,1H3. The number of anilines is 1. The van der Waals surface area contributed by atoms with Crippen molar-refractivity contribution in [2.24, 2.45) is 7.05 Å². The summed E-state index contributed by atoms with van der Waals surface area (Å²) >= 11 is 0. The van der Waals surface area contributed by atoms with Gasteiger partial charge in [-0.15, -0.1) is 0 Å². The van der Waals surface area contributed by atoms with Gasteiger partial charge in [0.15, 0.2) is 5.78 Å². The lowest BCUT2D eigenvalue weighted by molar-refractivity contribution is -0.131. The van der Waals surface area contributed by atoms with Gasteiger partial charge in [0.25, 0.3) is 5.56 Å². The van der Waals surface area contributed by atoms with Crippen molar-refractivity contribution in [3.8, 4) is 0 Å². The second kappa shape index (κ2) is 10.4. The van der Waals surface area contributed by atoms with Gasteiger partial charge < -0.3 is 10.6 Å². The Morgan fingerprint density at radius 2 is 1.47 bits per heavy atom. The second-order valence-electron chi connectivity index (χ2n) is 9.04. The van der Waals surface area contributed by atoms with Gasteiger partial charge in [0.2, 0.25) is 5.91 Å². The predicted molar refractivity (Wildman–Crippen MR) is 129 cm³/mol. The maximum absolute atomic E-state index is 13.1. The van der Waals surface area contributed by atoms with E-state index in [1.165, 1.54) is 11.6 Å². The first-order valence-corrected chi connectivity index (χ1v) is 11.7. The predicted octanol–water partition coefficient (Wildman–Crippen LogP) is -0.400. The number of piperazine rings is 1. The van der Waals surface area contributed by atoms with Crippen LogP contribution in [0.2, 0.25) is 0 Å². The van der Waals surface area contributed by atoms with Crippen LogP contribution in [-0.4, -0.2) is 87.9 Å². The molecule has 2 aliphatic rings. The van der Waals surface area contributed by atoms with E-state index >= 15 is 0 Å². The third kappa shape index (κ3) is 5.13. The van der Waals surface area contributed by atoms with Crippen molar-refractivity contribution in [1.82, 2.24) is 23.8 Å². The molecular weight excluding hydrogens is 436 g/mol. The number of ketones is 1. The summed E-state index contributed by atoms with van der Waals surface area (Å²) in [6.07, 6.45) is 2.14. The number of aromatic nitrogens is 2. The van der Waals surface area contributed by atoms with E-state index in [2.05, 4.69) is 4.90 Å². The first-order valence-electron chi connectivity index (χ1n) is 11.7. The highest BCUT2D eigenvalue weighted by Crippen LogP contribution is 2.12. The van der Waals surface area contributed by atoms with Gasteiger partial charge in [-0.2, -0.15) is 0 Å². The van der Waals surface area contributed by atoms with Gasteiger partial charge in [0, 0.05) is 46.3 Å². The molecule has 10 heteroatoms. The van der Waals surface area contributed by atoms with E-state index in [0.717, 1.165) is 36.1 Å². The highest BCUT2D eigenvalue weighted by atomic mass is 16.2. The molecule has 2 saturated heterocycles. The van der Waals surface area contributed by atoms with Crippen LogP contribution >= 0.6 is 0 Å². The van der Waals surface area contributed by atoms with Crippen molar-refractivity contribution in [2.75, 3.05) is 58.1 Å². The largest absolute Gasteiger partial charge is 0.384 e. The normalized spacial score (nSPS) is 17.3. The van der Waals surface area contributed by atoms with Crippen LogP contribution in [0, 0.1) is 0 Å². The minimum Gasteiger partial charge on any atom is -0.384 e. The fraction of sp³-hybridized carbons (Fsp3) is 0.500. The quantitative estimate of drug-likeness (QED) is 0.550. The Morgan fingerprint density at radius 3 is 2.09 bits per heavy atom. The lowest BCUT2D eigenvalue weighted by Gasteiger charge is -2.34. The molecule has 2 aliphatic heterocycles. The number of Topliss-reactive ketones (excluding diaryl/α,β-unsaturated/α-hetero) is 1. The molecule has 2 fully saturated rings. The topological polar surface area (TPSA) is 114 Å². The number of rotatable bonds is 7. The summed E-state index contributed by atoms with van der Waals surface area (Å²) in [5.74, 6) is -0.336. The number of amides is 1. The summed E-state index contributed by atoms with van der Waals surface area (Å²) in [7, 11) is 1.36. The highest BCUT2D eigenvalue weighted by Gasteiger charge is 2.27. The minimum absolute atomic E-state index is 0.0386. The van der Waals surface area contributed by atoms with Gasteiger partial charge in [-0.1, -0.05) is 30.3 Å². The second-order valence-corrected chi connectivity index (χ2v) is 9.04. The van der Waals surface area contributed by atoms with Crippen LogP contribution in [0.25, 0.3) is 0 Å². The number of nitrogen functional groups attached to an aromatic ring is 1. The molecule has 1 amide bonds. The Morgan fingerprint density at radius 1 is 0.882 bits per heavy atom. The monoisotopic (exact) mass is 468 g/mol. The third-order valence-electron chi connectivity index (χ3n) is 6.70. The van der Waals surface area contributed by atoms with E-state index in [9.17, 15) is 19.2 Å². The third-order valence-corrected chi connectivity index (χ3v) is 6.70. The van der Waals surface area contributed by atoms with Gasteiger partial charge in [-0.3, -0.25) is 33.3 Å². The molecule has 10 nitrogen and oxygen atoms in total. The summed E-state index contributed by atoms with van der Waals surface area (Å²) < 4.78 is 2.21. The molecule has 4 rings (SSSR count). The maximum atomic E-state index is 13.1. The van der Waals surface area contributed by atoms with Gasteiger partial charge >= 0.3 is 5.69 Å². The smallest absolute Gasteiger partial charge is 0.332 e. The van der Waals surface area contributed by atoms with E-state index in [-0.39, 0.29) is 30.4 Å². The molecule has 1 aromatic heterocycles. The highest BCUT2D eigenvalue weighted by molar-refractivity contribution is 6.01. The average molecular weight is 469 g/mol. The van der Waals surface area contributed by atoms with Crippen molar-refractivity contribution in [3.05, 3.63) is 62.3 Å². The molecule has 0 bridgehead atoms. The minimum atomic E-state index is -0.674. The van der Waals surface area contributed by atoms with Crippen molar-refractivity contribution < 1.29 is 9.59 Å². The molecule has 0 atom stereocenters. The molecule has 2 aromatic rings. The summed E-state index contributed by atoms with van der Waals surface area (Å²) in [6.45, 7) is 4.87. The van der Waals surface area contributed by atoms with Gasteiger partial charge in [0.1, 0.15) is 11.4 Å². The van der Waals surface area contributed by atoms with Gasteiger partial charge in [-0.05, 0) is 18.4 Å². The van der Waals surface area contributed by atoms with Gasteiger partial charge in [-0.25, -0.2) is 4.79 Å². The number of hydrogen-bond acceptors (Lipinski definition) is 7. The summed E-state index contributed by atoms with van der Waals surface area (Å²) in [6, 6.07) is 9.28. The molecular formula is C24H32N6O4. The van der Waals surface area contributed by atoms with E-state index in [0.29, 0.717) is 32.7 Å². The number of nitrogens with zero attached hydrogens (tertiary/aromatic N) is 5. The van der Waals surface area contributed by atoms with Crippen molar-refractivity contribution in [2.45, 2.75) is 19.4 Å². The van der Waals surface area contributed by atoms with E-state index in [1.54, 1.807) is 0 Å². The van der Waals surface area contributed by atoms with Crippen molar-refractivity contribution >= 4 is 17.5 Å². The number of carbonyl (C=O) groups excluding carboxylic acids is 2. The number of hydrogen-bond donors (Lipinski definition) is 1. The molecule has 1 aromatic carbocycles. The lowest BCUT2D eigenvalue weighted by atomic mass is 10.1. The number of benzene rings is 1. The maximum Gasteiger partial charge on any atom is 0.332 e. The first kappa shape index (κ1) is 23.9. The molecule has 0 radical (unpaired) electrons. The van der Waals surface area contributed by atoms with Crippen LogP contribution in [-0.2, 0) is 18.4 Å². The van der Waals surface area contributed by atoms with Crippen molar-refractivity contribution in [1.29, 1.82) is 0 Å². The zero-order chi connectivity index (χ0) is 24.2. The van der Waals surface area contributed by atoms with E-state index < -0.39 is 17.0 Å². The summed E-state index contributed by atoms with van der Waals surface area (Å²) in [4.78, 5) is 57.0. The van der Waals surface area contributed by atoms with Crippen LogP contribution < -0.4 is 17.0 Å². The zero-order valence-electron chi connectivity index (χ0n) is 19.6. The first-order chi connectivity index (χ1) is 16.3. The molecule has 0 spiro atoms. The zero-order valence-corrected chi connectivity index (χ0v) is 19.6. The summed E-state index contributed by atoms with van der Waals surface area (Å²) in [5.41, 5.74) is 5.67. The Hall–Kier alpha value is -3.24. The van der Waals surface area contributed by atoms with E-state index in [4.69, 9.17) is 5.73 Å². The Kier molecular flexibility index (Phi) is 7.28. The molecule has 2 N–H and O–H groups in total. The van der Waals surface area contributed by atoms with E-state index in [1.807, 2.05) is 40.1 Å². The average Bonchev–Trinajstić information content (AvgIpc) is 3.38. The van der Waals surface area contributed by atoms with Crippen LogP contribution in [0.1, 0.15) is 28.8 Å². The molecule has 182 valence electrons. The molecule has 0 aliphatic carbocycles. The van der Waals surface area contributed by atoms with Crippen LogP contribution in [0.4, 0.5) is 5.82 Å². The van der Waals surface area contributed by atoms with Gasteiger partial charge in [0.05, 0.1) is 19.6 Å². The molecule has 3 heterocycles. The number of likely N-dealkylation sites (tertiary alicyclic amines) is 1. The Bertz CT molecular complexity index is 1160. The molecule has 0 unspecified atom stereocenters. The number of carbonyl (C=O) groups is 2. The van der Waals surface area contributed by atoms with Crippen LogP contribution in [0.15, 0.2) is 39.9 Å². The van der Waals surface area contributed by atoms with Crippen LogP contribution in [0.5, 0.6) is 0 Å². The Labute approximate surface area is 198 Å². The van der Waals surface area contributed by atoms with Crippen LogP contribution in [0.3, 0.4) is 0 Å². The molecule has 34 heavy (non-hydrogen) atoms. The molecule has 0 saturated carbocycles. The SMILES string of the molecule is Cn1c(=O)c(C(=O)CN2CCN(CC(=O)N3CCCC3)CC2)c(N)n(Cc2ccccc2)c1=O.